The number of hydrogen-bond donors (Lipinski definition) is 0. The van der Waals surface area contributed by atoms with E-state index < -0.39 is 0 Å². The fourth-order valence-corrected chi connectivity index (χ4v) is 1.77. The number of aromatic nitrogens is 3. The molecule has 6 nitrogen and oxygen atoms in total. The Morgan fingerprint density at radius 2 is 2.22 bits per heavy atom. The summed E-state index contributed by atoms with van der Waals surface area (Å²) in [4.78, 5) is 12.0. The van der Waals surface area contributed by atoms with Crippen LogP contribution in [0.2, 0.25) is 0 Å². The van der Waals surface area contributed by atoms with Crippen molar-refractivity contribution in [2.45, 2.75) is 33.2 Å². The fraction of sp³-hybridized carbons (Fsp3) is 0.750. The largest absolute Gasteiger partial charge is 0.465 e. The summed E-state index contributed by atoms with van der Waals surface area (Å²) in [6, 6.07) is 0. The molecule has 1 rings (SSSR count). The third kappa shape index (κ3) is 3.53. The summed E-state index contributed by atoms with van der Waals surface area (Å²) in [5.74, 6) is 0.110. The van der Waals surface area contributed by atoms with E-state index in [1.807, 2.05) is 18.4 Å². The molecule has 0 aliphatic carbocycles. The third-order valence-corrected chi connectivity index (χ3v) is 2.67. The molecule has 0 aliphatic rings. The molecule has 1 atom stereocenters. The first-order valence-corrected chi connectivity index (χ1v) is 6.15. The molecule has 0 aromatic carbocycles. The van der Waals surface area contributed by atoms with Crippen LogP contribution in [0, 0.1) is 5.92 Å². The van der Waals surface area contributed by atoms with E-state index in [9.17, 15) is 4.79 Å². The summed E-state index contributed by atoms with van der Waals surface area (Å²) in [5.41, 5.74) is 0. The van der Waals surface area contributed by atoms with Gasteiger partial charge in [-0.25, -0.2) is 0 Å². The number of methoxy groups -OCH3 is 1. The number of ether oxygens (including phenoxy) is 2. The molecule has 0 radical (unpaired) electrons. The molecule has 1 aromatic rings. The van der Waals surface area contributed by atoms with Crippen molar-refractivity contribution in [1.29, 1.82) is 0 Å². The van der Waals surface area contributed by atoms with Gasteiger partial charge in [-0.1, -0.05) is 13.8 Å². The first-order chi connectivity index (χ1) is 8.61. The predicted molar refractivity (Wildman–Crippen MR) is 66.1 cm³/mol. The summed E-state index contributed by atoms with van der Waals surface area (Å²) in [6.45, 7) is 7.28. The molecule has 6 heteroatoms. The predicted octanol–water partition coefficient (Wildman–Crippen LogP) is 1.23. The standard InChI is InChI=1S/C12H21N3O3/c1-5-18-12(16)10(9(2)3)11-14-13-8-15(11)6-7-17-4/h8-10H,5-7H2,1-4H3. The van der Waals surface area contributed by atoms with Crippen molar-refractivity contribution in [3.05, 3.63) is 12.2 Å². The fourth-order valence-electron chi connectivity index (χ4n) is 1.77. The van der Waals surface area contributed by atoms with Crippen LogP contribution >= 0.6 is 0 Å². The Bertz CT molecular complexity index is 376. The molecule has 0 aliphatic heterocycles. The molecule has 102 valence electrons. The van der Waals surface area contributed by atoms with Gasteiger partial charge in [0.05, 0.1) is 13.2 Å². The minimum absolute atomic E-state index is 0.106. The van der Waals surface area contributed by atoms with E-state index in [2.05, 4.69) is 10.2 Å². The SMILES string of the molecule is CCOC(=O)C(c1nncn1CCOC)C(C)C. The van der Waals surface area contributed by atoms with Crippen molar-refractivity contribution in [3.63, 3.8) is 0 Å². The number of nitrogens with zero attached hydrogens (tertiary/aromatic N) is 3. The number of carbonyl (C=O) groups is 1. The van der Waals surface area contributed by atoms with Gasteiger partial charge in [-0.3, -0.25) is 4.79 Å². The van der Waals surface area contributed by atoms with Crippen molar-refractivity contribution >= 4 is 5.97 Å². The molecule has 0 amide bonds. The lowest BCUT2D eigenvalue weighted by molar-refractivity contribution is -0.146. The van der Waals surface area contributed by atoms with Gasteiger partial charge in [0.25, 0.3) is 0 Å². The first-order valence-electron chi connectivity index (χ1n) is 6.15. The van der Waals surface area contributed by atoms with Crippen molar-refractivity contribution in [2.24, 2.45) is 5.92 Å². The molecule has 0 bridgehead atoms. The third-order valence-electron chi connectivity index (χ3n) is 2.67. The smallest absolute Gasteiger partial charge is 0.316 e. The maximum absolute atomic E-state index is 12.0. The molecule has 18 heavy (non-hydrogen) atoms. The Labute approximate surface area is 107 Å². The topological polar surface area (TPSA) is 66.2 Å². The molecule has 0 N–H and O–H groups in total. The molecule has 1 aromatic heterocycles. The van der Waals surface area contributed by atoms with Crippen LogP contribution in [0.1, 0.15) is 32.5 Å². The Morgan fingerprint density at radius 3 is 2.78 bits per heavy atom. The average Bonchev–Trinajstić information content (AvgIpc) is 2.74. The number of carbonyl (C=O) groups excluding carboxylic acids is 1. The van der Waals surface area contributed by atoms with E-state index >= 15 is 0 Å². The molecular formula is C12H21N3O3. The molecule has 1 unspecified atom stereocenters. The van der Waals surface area contributed by atoms with Gasteiger partial charge >= 0.3 is 5.97 Å². The Kier molecular flexibility index (Phi) is 5.77. The second kappa shape index (κ2) is 7.10. The summed E-state index contributed by atoms with van der Waals surface area (Å²) < 4.78 is 12.0. The van der Waals surface area contributed by atoms with Crippen molar-refractivity contribution in [2.75, 3.05) is 20.3 Å². The van der Waals surface area contributed by atoms with E-state index in [1.54, 1.807) is 20.4 Å². The van der Waals surface area contributed by atoms with E-state index in [4.69, 9.17) is 9.47 Å². The average molecular weight is 255 g/mol. The van der Waals surface area contributed by atoms with Crippen LogP contribution < -0.4 is 0 Å². The second-order valence-corrected chi connectivity index (χ2v) is 4.35. The highest BCUT2D eigenvalue weighted by atomic mass is 16.5. The van der Waals surface area contributed by atoms with Crippen molar-refractivity contribution in [3.8, 4) is 0 Å². The van der Waals surface area contributed by atoms with Crippen molar-refractivity contribution in [1.82, 2.24) is 14.8 Å². The van der Waals surface area contributed by atoms with Crippen LogP contribution in [0.5, 0.6) is 0 Å². The number of esters is 1. The van der Waals surface area contributed by atoms with E-state index in [0.29, 0.717) is 25.6 Å². The summed E-state index contributed by atoms with van der Waals surface area (Å²) in [6.07, 6.45) is 1.61. The van der Waals surface area contributed by atoms with Gasteiger partial charge in [-0.15, -0.1) is 10.2 Å². The van der Waals surface area contributed by atoms with Gasteiger partial charge in [0.15, 0.2) is 0 Å². The lowest BCUT2D eigenvalue weighted by atomic mass is 9.95. The quantitative estimate of drug-likeness (QED) is 0.685. The zero-order valence-electron chi connectivity index (χ0n) is 11.4. The highest BCUT2D eigenvalue weighted by Crippen LogP contribution is 2.24. The van der Waals surface area contributed by atoms with Gasteiger partial charge in [-0.05, 0) is 12.8 Å². The van der Waals surface area contributed by atoms with Gasteiger partial charge in [-0.2, -0.15) is 0 Å². The summed E-state index contributed by atoms with van der Waals surface area (Å²) >= 11 is 0. The molecule has 0 spiro atoms. The van der Waals surface area contributed by atoms with Gasteiger partial charge in [0, 0.05) is 13.7 Å². The van der Waals surface area contributed by atoms with Crippen LogP contribution in [0.15, 0.2) is 6.33 Å². The number of rotatable bonds is 7. The van der Waals surface area contributed by atoms with Gasteiger partial charge < -0.3 is 14.0 Å². The molecule has 0 saturated heterocycles. The zero-order valence-corrected chi connectivity index (χ0v) is 11.4. The lowest BCUT2D eigenvalue weighted by Gasteiger charge is -2.19. The minimum atomic E-state index is -0.385. The minimum Gasteiger partial charge on any atom is -0.465 e. The highest BCUT2D eigenvalue weighted by Gasteiger charge is 2.30. The molecule has 0 fully saturated rings. The maximum Gasteiger partial charge on any atom is 0.316 e. The van der Waals surface area contributed by atoms with Crippen LogP contribution in [0.3, 0.4) is 0 Å². The Morgan fingerprint density at radius 1 is 1.50 bits per heavy atom. The monoisotopic (exact) mass is 255 g/mol. The van der Waals surface area contributed by atoms with Crippen molar-refractivity contribution < 1.29 is 14.3 Å². The molecular weight excluding hydrogens is 234 g/mol. The number of hydrogen-bond acceptors (Lipinski definition) is 5. The Balaban J connectivity index is 2.91. The van der Waals surface area contributed by atoms with Crippen LogP contribution in [0.4, 0.5) is 0 Å². The normalized spacial score (nSPS) is 12.7. The van der Waals surface area contributed by atoms with Crippen LogP contribution in [-0.4, -0.2) is 41.1 Å². The van der Waals surface area contributed by atoms with Crippen LogP contribution in [0.25, 0.3) is 0 Å². The Hall–Kier alpha value is -1.43. The maximum atomic E-state index is 12.0. The first kappa shape index (κ1) is 14.6. The molecule has 1 heterocycles. The van der Waals surface area contributed by atoms with E-state index in [1.165, 1.54) is 0 Å². The summed E-state index contributed by atoms with van der Waals surface area (Å²) in [7, 11) is 1.63. The van der Waals surface area contributed by atoms with E-state index in [-0.39, 0.29) is 17.8 Å². The van der Waals surface area contributed by atoms with E-state index in [0.717, 1.165) is 0 Å². The van der Waals surface area contributed by atoms with Crippen LogP contribution in [-0.2, 0) is 20.8 Å². The summed E-state index contributed by atoms with van der Waals surface area (Å²) in [5, 5.41) is 7.92. The van der Waals surface area contributed by atoms with Gasteiger partial charge in [0.1, 0.15) is 18.1 Å². The van der Waals surface area contributed by atoms with Gasteiger partial charge in [0.2, 0.25) is 0 Å². The zero-order chi connectivity index (χ0) is 13.5. The highest BCUT2D eigenvalue weighted by molar-refractivity contribution is 5.77. The lowest BCUT2D eigenvalue weighted by Crippen LogP contribution is -2.25. The molecule has 0 saturated carbocycles. The second-order valence-electron chi connectivity index (χ2n) is 4.35.